The summed E-state index contributed by atoms with van der Waals surface area (Å²) in [5.41, 5.74) is 4.11. The number of rotatable bonds is 10. The molecule has 0 bridgehead atoms. The summed E-state index contributed by atoms with van der Waals surface area (Å²) < 4.78 is 7.89. The third-order valence-corrected chi connectivity index (χ3v) is 7.59. The van der Waals surface area contributed by atoms with Gasteiger partial charge >= 0.3 is 5.97 Å². The van der Waals surface area contributed by atoms with Gasteiger partial charge in [0, 0.05) is 40.0 Å². The summed E-state index contributed by atoms with van der Waals surface area (Å²) >= 11 is 0. The van der Waals surface area contributed by atoms with Gasteiger partial charge in [-0.1, -0.05) is 25.3 Å². The van der Waals surface area contributed by atoms with E-state index in [1.54, 1.807) is 50.1 Å². The van der Waals surface area contributed by atoms with Crippen LogP contribution in [0.25, 0.3) is 22.2 Å². The Bertz CT molecular complexity index is 1330. The maximum atomic E-state index is 13.0. The first-order valence-corrected chi connectivity index (χ1v) is 13.7. The van der Waals surface area contributed by atoms with E-state index in [-0.39, 0.29) is 23.9 Å². The predicted molar refractivity (Wildman–Crippen MR) is 152 cm³/mol. The van der Waals surface area contributed by atoms with Crippen LogP contribution in [-0.2, 0) is 16.1 Å². The highest BCUT2D eigenvalue weighted by molar-refractivity contribution is 5.99. The number of benzene rings is 2. The van der Waals surface area contributed by atoms with Crippen LogP contribution in [0.4, 0.5) is 0 Å². The van der Waals surface area contributed by atoms with E-state index >= 15 is 0 Å². The molecule has 0 aliphatic heterocycles. The quantitative estimate of drug-likeness (QED) is 0.353. The lowest BCUT2D eigenvalue weighted by Gasteiger charge is -2.24. The molecule has 1 saturated carbocycles. The maximum absolute atomic E-state index is 13.0. The number of hydrogen-bond acceptors (Lipinski definition) is 4. The topological polar surface area (TPSA) is 92.1 Å². The Balaban J connectivity index is 1.75. The van der Waals surface area contributed by atoms with Gasteiger partial charge in [-0.15, -0.1) is 0 Å². The minimum absolute atomic E-state index is 0.0590. The molecular weight excluding hydrogens is 494 g/mol. The van der Waals surface area contributed by atoms with Crippen molar-refractivity contribution in [3.05, 3.63) is 53.6 Å². The molecule has 3 aromatic rings. The smallest absolute Gasteiger partial charge is 0.335 e. The van der Waals surface area contributed by atoms with Crippen LogP contribution >= 0.6 is 0 Å². The van der Waals surface area contributed by atoms with Crippen molar-refractivity contribution in [2.45, 2.75) is 57.4 Å². The lowest BCUT2D eigenvalue weighted by atomic mass is 9.82. The van der Waals surface area contributed by atoms with Gasteiger partial charge in [0.25, 0.3) is 0 Å². The van der Waals surface area contributed by atoms with Gasteiger partial charge in [-0.25, -0.2) is 4.79 Å². The zero-order valence-corrected chi connectivity index (χ0v) is 23.4. The summed E-state index contributed by atoms with van der Waals surface area (Å²) in [6.45, 7) is 0.564. The zero-order chi connectivity index (χ0) is 28.1. The Morgan fingerprint density at radius 3 is 2.21 bits per heavy atom. The number of nitrogens with zero attached hydrogens (tertiary/aromatic N) is 3. The molecule has 0 unspecified atom stereocenters. The van der Waals surface area contributed by atoms with Crippen LogP contribution in [0.2, 0.25) is 0 Å². The highest BCUT2D eigenvalue weighted by Gasteiger charge is 2.28. The van der Waals surface area contributed by atoms with Gasteiger partial charge in [-0.3, -0.25) is 9.59 Å². The normalized spacial score (nSPS) is 13.8. The van der Waals surface area contributed by atoms with Crippen LogP contribution in [0.15, 0.2) is 42.5 Å². The maximum Gasteiger partial charge on any atom is 0.335 e. The fourth-order valence-electron chi connectivity index (χ4n) is 5.41. The first kappa shape index (κ1) is 28.2. The Morgan fingerprint density at radius 1 is 0.923 bits per heavy atom. The number of carbonyl (C=O) groups is 3. The van der Waals surface area contributed by atoms with E-state index in [4.69, 9.17) is 4.74 Å². The molecule has 1 aliphatic carbocycles. The molecule has 1 N–H and O–H groups in total. The van der Waals surface area contributed by atoms with E-state index in [1.165, 1.54) is 12.0 Å². The molecular formula is C31H39N3O5. The highest BCUT2D eigenvalue weighted by Crippen LogP contribution is 2.44. The molecule has 1 fully saturated rings. The molecule has 1 aliphatic rings. The fourth-order valence-corrected chi connectivity index (χ4v) is 5.41. The van der Waals surface area contributed by atoms with Crippen LogP contribution in [0.1, 0.15) is 66.8 Å². The van der Waals surface area contributed by atoms with Crippen LogP contribution < -0.4 is 4.74 Å². The van der Waals surface area contributed by atoms with Crippen LogP contribution in [-0.4, -0.2) is 72.1 Å². The molecule has 1 aromatic heterocycles. The van der Waals surface area contributed by atoms with Gasteiger partial charge in [0.1, 0.15) is 12.3 Å². The Morgan fingerprint density at radius 2 is 1.59 bits per heavy atom. The number of ether oxygens (including phenoxy) is 1. The molecule has 2 aromatic carbocycles. The van der Waals surface area contributed by atoms with Gasteiger partial charge in [0.2, 0.25) is 11.8 Å². The van der Waals surface area contributed by atoms with E-state index in [0.29, 0.717) is 25.4 Å². The average Bonchev–Trinajstić information content (AvgIpc) is 3.24. The van der Waals surface area contributed by atoms with Gasteiger partial charge in [-0.05, 0) is 72.7 Å². The lowest BCUT2D eigenvalue weighted by molar-refractivity contribution is -0.129. The standard InChI is InChI=1S/C31H39N3O5/c1-32(2)27(35)11-8-18-39-24-15-12-22(13-16-24)30-29(21-9-6-5-7-10-21)25-17-14-23(31(37)38)19-26(25)34(30)20-28(36)33(3)4/h12-17,19,21H,5-11,18,20H2,1-4H3,(H,37,38). The van der Waals surface area contributed by atoms with Gasteiger partial charge in [0.15, 0.2) is 0 Å². The average molecular weight is 534 g/mol. The zero-order valence-electron chi connectivity index (χ0n) is 23.4. The number of aromatic nitrogens is 1. The second-order valence-corrected chi connectivity index (χ2v) is 10.8. The van der Waals surface area contributed by atoms with Crippen molar-refractivity contribution in [2.24, 2.45) is 0 Å². The summed E-state index contributed by atoms with van der Waals surface area (Å²) in [6, 6.07) is 13.1. The molecule has 4 rings (SSSR count). The van der Waals surface area contributed by atoms with Crippen molar-refractivity contribution in [3.8, 4) is 17.0 Å². The molecule has 0 saturated heterocycles. The Labute approximate surface area is 230 Å². The second kappa shape index (κ2) is 12.4. The Kier molecular flexibility index (Phi) is 8.94. The van der Waals surface area contributed by atoms with Gasteiger partial charge < -0.3 is 24.2 Å². The molecule has 1 heterocycles. The number of carbonyl (C=O) groups excluding carboxylic acids is 2. The SMILES string of the molecule is CN(C)C(=O)CCCOc1ccc(-c2c(C3CCCCC3)c3ccc(C(=O)O)cc3n2CC(=O)N(C)C)cc1. The number of amides is 2. The summed E-state index contributed by atoms with van der Waals surface area (Å²) in [5, 5.41) is 10.7. The van der Waals surface area contributed by atoms with Crippen LogP contribution in [0, 0.1) is 0 Å². The second-order valence-electron chi connectivity index (χ2n) is 10.8. The van der Waals surface area contributed by atoms with Crippen molar-refractivity contribution in [1.29, 1.82) is 0 Å². The van der Waals surface area contributed by atoms with Crippen molar-refractivity contribution < 1.29 is 24.2 Å². The van der Waals surface area contributed by atoms with Crippen molar-refractivity contribution >= 4 is 28.7 Å². The minimum Gasteiger partial charge on any atom is -0.494 e. The molecule has 39 heavy (non-hydrogen) atoms. The number of hydrogen-bond donors (Lipinski definition) is 1. The van der Waals surface area contributed by atoms with Crippen LogP contribution in [0.5, 0.6) is 5.75 Å². The summed E-state index contributed by atoms with van der Waals surface area (Å²) in [5.74, 6) is 0.0908. The minimum atomic E-state index is -0.988. The van der Waals surface area contributed by atoms with Crippen LogP contribution in [0.3, 0.4) is 0 Å². The van der Waals surface area contributed by atoms with E-state index < -0.39 is 5.97 Å². The number of likely N-dealkylation sites (N-methyl/N-ethyl adjacent to an activating group) is 1. The van der Waals surface area contributed by atoms with Gasteiger partial charge in [-0.2, -0.15) is 0 Å². The number of carboxylic acids is 1. The monoisotopic (exact) mass is 533 g/mol. The molecule has 0 spiro atoms. The van der Waals surface area contributed by atoms with E-state index in [9.17, 15) is 19.5 Å². The van der Waals surface area contributed by atoms with E-state index in [2.05, 4.69) is 0 Å². The molecule has 8 nitrogen and oxygen atoms in total. The summed E-state index contributed by atoms with van der Waals surface area (Å²) in [4.78, 5) is 39.8. The number of fused-ring (bicyclic) bond motifs is 1. The van der Waals surface area contributed by atoms with E-state index in [1.807, 2.05) is 34.9 Å². The van der Waals surface area contributed by atoms with Crippen molar-refractivity contribution in [3.63, 3.8) is 0 Å². The molecule has 0 radical (unpaired) electrons. The summed E-state index contributed by atoms with van der Waals surface area (Å²) in [6.07, 6.45) is 6.75. The third-order valence-electron chi connectivity index (χ3n) is 7.59. The highest BCUT2D eigenvalue weighted by atomic mass is 16.5. The van der Waals surface area contributed by atoms with Gasteiger partial charge in [0.05, 0.1) is 23.4 Å². The van der Waals surface area contributed by atoms with E-state index in [0.717, 1.165) is 53.6 Å². The summed E-state index contributed by atoms with van der Waals surface area (Å²) in [7, 11) is 6.96. The first-order valence-electron chi connectivity index (χ1n) is 13.7. The Hall–Kier alpha value is -3.81. The lowest BCUT2D eigenvalue weighted by Crippen LogP contribution is -2.26. The molecule has 8 heteroatoms. The number of aromatic carboxylic acids is 1. The van der Waals surface area contributed by atoms with Crippen molar-refractivity contribution in [1.82, 2.24) is 14.4 Å². The fraction of sp³-hybridized carbons (Fsp3) is 0.452. The molecule has 2 amide bonds. The third kappa shape index (κ3) is 6.44. The predicted octanol–water partition coefficient (Wildman–Crippen LogP) is 5.39. The molecule has 0 atom stereocenters. The van der Waals surface area contributed by atoms with Crippen molar-refractivity contribution in [2.75, 3.05) is 34.8 Å². The largest absolute Gasteiger partial charge is 0.494 e. The number of carboxylic acid groups (broad SMARTS) is 1. The molecule has 208 valence electrons. The first-order chi connectivity index (χ1) is 18.7.